The number of phenolic OH excluding ortho intramolecular Hbond substituents is 3. The Balaban J connectivity index is 0.00000110. The van der Waals surface area contributed by atoms with Gasteiger partial charge in [0.25, 0.3) is 0 Å². The van der Waals surface area contributed by atoms with Crippen LogP contribution in [0.2, 0.25) is 0 Å². The van der Waals surface area contributed by atoms with Gasteiger partial charge in [-0.05, 0) is 6.92 Å². The van der Waals surface area contributed by atoms with Crippen LogP contribution in [0.4, 0.5) is 10.5 Å². The number of aliphatic hydroxyl groups is 1. The van der Waals surface area contributed by atoms with E-state index in [1.807, 2.05) is 0 Å². The van der Waals surface area contributed by atoms with Crippen molar-refractivity contribution in [1.82, 2.24) is 10.6 Å². The van der Waals surface area contributed by atoms with Gasteiger partial charge in [0.2, 0.25) is 5.96 Å². The molecule has 1 aromatic carbocycles. The van der Waals surface area contributed by atoms with E-state index in [0.717, 1.165) is 12.1 Å². The second kappa shape index (κ2) is 8.43. The van der Waals surface area contributed by atoms with Crippen molar-refractivity contribution in [2.45, 2.75) is 6.92 Å². The number of aliphatic hydroxyl groups excluding tert-OH is 1. The Hall–Kier alpha value is -2.68. The van der Waals surface area contributed by atoms with E-state index in [-0.39, 0.29) is 18.3 Å². The fraction of sp³-hybridized carbons (Fsp3) is 0.273. The summed E-state index contributed by atoms with van der Waals surface area (Å²) in [5.41, 5.74) is 0.138. The predicted octanol–water partition coefficient (Wildman–Crippen LogP) is 0.0777. The van der Waals surface area contributed by atoms with E-state index in [2.05, 4.69) is 16.0 Å². The van der Waals surface area contributed by atoms with Crippen molar-refractivity contribution in [3.05, 3.63) is 12.1 Å². The van der Waals surface area contributed by atoms with Gasteiger partial charge in [-0.1, -0.05) is 0 Å². The van der Waals surface area contributed by atoms with Crippen molar-refractivity contribution in [3.63, 3.8) is 0 Å². The highest BCUT2D eigenvalue weighted by atomic mass is 16.3. The second-order valence-corrected chi connectivity index (χ2v) is 3.38. The minimum Gasteiger partial charge on any atom is -0.504 e. The van der Waals surface area contributed by atoms with Gasteiger partial charge in [0, 0.05) is 31.5 Å². The topological polar surface area (TPSA) is 158 Å². The number of aromatic hydroxyl groups is 3. The number of hydrogen-bond donors (Lipinski definition) is 8. The molecule has 0 aromatic heterocycles. The van der Waals surface area contributed by atoms with Gasteiger partial charge < -0.3 is 31.1 Å². The average molecular weight is 286 g/mol. The number of amides is 2. The summed E-state index contributed by atoms with van der Waals surface area (Å²) in [5.74, 6) is -2.09. The molecule has 0 spiro atoms. The summed E-state index contributed by atoms with van der Waals surface area (Å²) in [4.78, 5) is 10.9. The van der Waals surface area contributed by atoms with E-state index in [1.165, 1.54) is 7.05 Å². The van der Waals surface area contributed by atoms with Gasteiger partial charge in [-0.25, -0.2) is 4.79 Å². The number of benzene rings is 1. The quantitative estimate of drug-likeness (QED) is 0.158. The number of guanidine groups is 1. The van der Waals surface area contributed by atoms with Crippen LogP contribution >= 0.6 is 0 Å². The van der Waals surface area contributed by atoms with Crippen LogP contribution in [0.3, 0.4) is 0 Å². The van der Waals surface area contributed by atoms with Gasteiger partial charge in [-0.15, -0.1) is 0 Å². The fourth-order valence-corrected chi connectivity index (χ4v) is 1.03. The van der Waals surface area contributed by atoms with Gasteiger partial charge in [0.1, 0.15) is 0 Å². The van der Waals surface area contributed by atoms with Gasteiger partial charge in [0.05, 0.1) is 0 Å². The van der Waals surface area contributed by atoms with E-state index in [1.54, 1.807) is 6.92 Å². The molecule has 20 heavy (non-hydrogen) atoms. The maximum atomic E-state index is 10.9. The van der Waals surface area contributed by atoms with Crippen molar-refractivity contribution in [1.29, 1.82) is 5.41 Å². The van der Waals surface area contributed by atoms with Gasteiger partial charge >= 0.3 is 6.03 Å². The number of anilines is 1. The molecule has 0 radical (unpaired) electrons. The molecule has 0 aliphatic heterocycles. The Bertz CT molecular complexity index is 455. The first kappa shape index (κ1) is 17.3. The molecule has 2 amide bonds. The lowest BCUT2D eigenvalue weighted by Crippen LogP contribution is -2.40. The third-order valence-electron chi connectivity index (χ3n) is 1.80. The maximum Gasteiger partial charge on any atom is 0.321 e. The largest absolute Gasteiger partial charge is 0.504 e. The number of carbonyl (C=O) groups excluding carboxylic acids is 1. The highest BCUT2D eigenvalue weighted by Gasteiger charge is 2.09. The van der Waals surface area contributed by atoms with Crippen LogP contribution in [0.5, 0.6) is 17.2 Å². The van der Waals surface area contributed by atoms with E-state index < -0.39 is 23.3 Å². The highest BCUT2D eigenvalue weighted by molar-refractivity contribution is 6.02. The zero-order valence-electron chi connectivity index (χ0n) is 11.1. The molecule has 9 nitrogen and oxygen atoms in total. The summed E-state index contributed by atoms with van der Waals surface area (Å²) >= 11 is 0. The van der Waals surface area contributed by atoms with Crippen LogP contribution in [0.25, 0.3) is 0 Å². The molecule has 0 bridgehead atoms. The summed E-state index contributed by atoms with van der Waals surface area (Å²) in [6.45, 7) is 1.93. The highest BCUT2D eigenvalue weighted by Crippen LogP contribution is 2.37. The fourth-order valence-electron chi connectivity index (χ4n) is 1.03. The molecule has 0 saturated heterocycles. The van der Waals surface area contributed by atoms with E-state index in [9.17, 15) is 15.0 Å². The molecular weight excluding hydrogens is 268 g/mol. The molecule has 0 aliphatic carbocycles. The summed E-state index contributed by atoms with van der Waals surface area (Å²) in [6.07, 6.45) is 0. The zero-order valence-corrected chi connectivity index (χ0v) is 11.1. The summed E-state index contributed by atoms with van der Waals surface area (Å²) in [5, 5.41) is 49.2. The number of phenols is 3. The first-order valence-corrected chi connectivity index (χ1v) is 5.55. The molecule has 0 heterocycles. The SMILES string of the molecule is CCO.CNC(=O)NC(=N)Nc1cc(O)c(O)c(O)c1. The lowest BCUT2D eigenvalue weighted by atomic mass is 10.2. The molecule has 8 N–H and O–H groups in total. The van der Waals surface area contributed by atoms with Gasteiger partial charge in [-0.2, -0.15) is 0 Å². The summed E-state index contributed by atoms with van der Waals surface area (Å²) in [6, 6.07) is 1.60. The number of hydrogen-bond acceptors (Lipinski definition) is 6. The molecular formula is C11H18N4O5. The Kier molecular flexibility index (Phi) is 7.30. The molecule has 1 aromatic rings. The van der Waals surface area contributed by atoms with Crippen molar-refractivity contribution < 1.29 is 25.2 Å². The third kappa shape index (κ3) is 5.78. The van der Waals surface area contributed by atoms with E-state index in [0.29, 0.717) is 0 Å². The van der Waals surface area contributed by atoms with Crippen LogP contribution < -0.4 is 16.0 Å². The lowest BCUT2D eigenvalue weighted by molar-refractivity contribution is 0.247. The summed E-state index contributed by atoms with van der Waals surface area (Å²) < 4.78 is 0. The van der Waals surface area contributed by atoms with Crippen LogP contribution in [-0.4, -0.2) is 46.1 Å². The van der Waals surface area contributed by atoms with E-state index >= 15 is 0 Å². The first-order chi connectivity index (χ1) is 9.35. The number of urea groups is 1. The van der Waals surface area contributed by atoms with Crippen molar-refractivity contribution >= 4 is 17.7 Å². The smallest absolute Gasteiger partial charge is 0.321 e. The second-order valence-electron chi connectivity index (χ2n) is 3.38. The number of nitrogens with one attached hydrogen (secondary N) is 4. The zero-order chi connectivity index (χ0) is 15.7. The predicted molar refractivity (Wildman–Crippen MR) is 73.1 cm³/mol. The lowest BCUT2D eigenvalue weighted by Gasteiger charge is -2.10. The molecule has 9 heteroatoms. The molecule has 0 unspecified atom stereocenters. The normalized spacial score (nSPS) is 8.95. The standard InChI is InChI=1S/C9H12N4O4.C2H6O/c1-11-9(17)13-8(10)12-4-2-5(14)7(16)6(15)3-4;1-2-3/h2-3,14-16H,1H3,(H4,10,11,12,13,17);3H,2H2,1H3. The van der Waals surface area contributed by atoms with Crippen LogP contribution in [0, 0.1) is 5.41 Å². The maximum absolute atomic E-state index is 10.9. The Morgan fingerprint density at radius 3 is 2.10 bits per heavy atom. The van der Waals surface area contributed by atoms with Crippen molar-refractivity contribution in [2.24, 2.45) is 0 Å². The molecule has 0 fully saturated rings. The number of rotatable bonds is 1. The van der Waals surface area contributed by atoms with Crippen molar-refractivity contribution in [3.8, 4) is 17.2 Å². The minimum atomic E-state index is -0.652. The van der Waals surface area contributed by atoms with Gasteiger partial charge in [-0.3, -0.25) is 10.7 Å². The van der Waals surface area contributed by atoms with Crippen LogP contribution in [-0.2, 0) is 0 Å². The Labute approximate surface area is 115 Å². The van der Waals surface area contributed by atoms with Gasteiger partial charge in [0.15, 0.2) is 17.2 Å². The molecule has 1 rings (SSSR count). The average Bonchev–Trinajstić information content (AvgIpc) is 2.36. The van der Waals surface area contributed by atoms with E-state index in [4.69, 9.17) is 15.6 Å². The molecule has 0 atom stereocenters. The first-order valence-electron chi connectivity index (χ1n) is 5.55. The number of carbonyl (C=O) groups is 1. The Morgan fingerprint density at radius 2 is 1.70 bits per heavy atom. The van der Waals surface area contributed by atoms with Crippen molar-refractivity contribution in [2.75, 3.05) is 19.0 Å². The Morgan fingerprint density at radius 1 is 1.25 bits per heavy atom. The molecule has 0 saturated carbocycles. The molecule has 112 valence electrons. The van der Waals surface area contributed by atoms with Crippen LogP contribution in [0.1, 0.15) is 6.92 Å². The third-order valence-corrected chi connectivity index (χ3v) is 1.80. The summed E-state index contributed by atoms with van der Waals surface area (Å²) in [7, 11) is 1.39. The molecule has 0 aliphatic rings. The minimum absolute atomic E-state index is 0.138. The van der Waals surface area contributed by atoms with Crippen LogP contribution in [0.15, 0.2) is 12.1 Å². The monoisotopic (exact) mass is 286 g/mol.